The maximum Gasteiger partial charge on any atom is 0.330 e. The highest BCUT2D eigenvalue weighted by Crippen LogP contribution is 2.22. The molecule has 1 atom stereocenters. The van der Waals surface area contributed by atoms with E-state index in [1.807, 2.05) is 0 Å². The zero-order valence-electron chi connectivity index (χ0n) is 14.4. The number of hydrogen-bond acceptors (Lipinski definition) is 5. The summed E-state index contributed by atoms with van der Waals surface area (Å²) in [6.07, 6.45) is -0.466. The van der Waals surface area contributed by atoms with E-state index in [-0.39, 0.29) is 10.6 Å². The Morgan fingerprint density at radius 2 is 1.85 bits per heavy atom. The van der Waals surface area contributed by atoms with Gasteiger partial charge < -0.3 is 15.2 Å². The van der Waals surface area contributed by atoms with E-state index in [0.717, 1.165) is 6.07 Å². The molecule has 0 bridgehead atoms. The van der Waals surface area contributed by atoms with Crippen molar-refractivity contribution in [3.63, 3.8) is 0 Å². The number of carbonyl (C=O) groups excluding carboxylic acids is 1. The van der Waals surface area contributed by atoms with Crippen LogP contribution < -0.4 is 10.1 Å². The molecule has 0 radical (unpaired) electrons. The predicted octanol–water partition coefficient (Wildman–Crippen LogP) is 1.94. The van der Waals surface area contributed by atoms with Crippen molar-refractivity contribution < 1.29 is 32.2 Å². The fourth-order valence-electron chi connectivity index (χ4n) is 2.35. The number of amides is 1. The van der Waals surface area contributed by atoms with Gasteiger partial charge in [-0.2, -0.15) is 0 Å². The average molecular weight is 395 g/mol. The molecule has 0 aromatic heterocycles. The van der Waals surface area contributed by atoms with Crippen molar-refractivity contribution in [3.05, 3.63) is 59.9 Å². The van der Waals surface area contributed by atoms with Crippen LogP contribution in [-0.4, -0.2) is 38.3 Å². The van der Waals surface area contributed by atoms with E-state index in [1.54, 1.807) is 18.2 Å². The highest BCUT2D eigenvalue weighted by Gasteiger charge is 2.24. The predicted molar refractivity (Wildman–Crippen MR) is 94.6 cm³/mol. The van der Waals surface area contributed by atoms with E-state index in [0.29, 0.717) is 5.56 Å². The van der Waals surface area contributed by atoms with Gasteiger partial charge in [-0.3, -0.25) is 4.79 Å². The Kier molecular flexibility index (Phi) is 6.51. The minimum atomic E-state index is -3.93. The number of hydrogen-bond donors (Lipinski definition) is 2. The molecule has 144 valence electrons. The van der Waals surface area contributed by atoms with Crippen molar-refractivity contribution in [2.75, 3.05) is 12.9 Å². The first-order valence-corrected chi connectivity index (χ1v) is 9.53. The maximum absolute atomic E-state index is 13.7. The third-order valence-electron chi connectivity index (χ3n) is 3.77. The minimum absolute atomic E-state index is 0.0983. The molecule has 0 aliphatic rings. The van der Waals surface area contributed by atoms with Crippen molar-refractivity contribution in [2.24, 2.45) is 0 Å². The summed E-state index contributed by atoms with van der Waals surface area (Å²) >= 11 is 0. The van der Waals surface area contributed by atoms with Gasteiger partial charge in [-0.1, -0.05) is 30.3 Å². The number of nitrogens with one attached hydrogen (secondary N) is 1. The summed E-state index contributed by atoms with van der Waals surface area (Å²) in [5.41, 5.74) is 0.360. The smallest absolute Gasteiger partial charge is 0.330 e. The summed E-state index contributed by atoms with van der Waals surface area (Å²) in [6, 6.07) is 9.91. The molecule has 0 saturated carbocycles. The second-order valence-corrected chi connectivity index (χ2v) is 7.72. The molecular formula is C18H18FNO6S. The molecular weight excluding hydrogens is 377 g/mol. The van der Waals surface area contributed by atoms with Gasteiger partial charge in [0.25, 0.3) is 0 Å². The lowest BCUT2D eigenvalue weighted by Crippen LogP contribution is -2.34. The molecule has 0 saturated heterocycles. The summed E-state index contributed by atoms with van der Waals surface area (Å²) in [5, 5.41) is 11.6. The number of halogens is 1. The molecule has 7 nitrogen and oxygen atoms in total. The third-order valence-corrected chi connectivity index (χ3v) is 5.48. The number of benzene rings is 2. The Labute approximate surface area is 155 Å². The standard InChI is InChI=1S/C18H18FNO6S/c1-26-15-8-7-13(11-14(15)19)27(24,25)10-9-16(21)20-17(18(22)23)12-5-3-2-4-6-12/h2-8,11,17H,9-10H2,1H3,(H,20,21)(H,22,23)/t17-/m1/s1. The summed E-state index contributed by atoms with van der Waals surface area (Å²) in [7, 11) is -2.67. The fourth-order valence-corrected chi connectivity index (χ4v) is 3.60. The number of carboxylic acid groups (broad SMARTS) is 1. The summed E-state index contributed by atoms with van der Waals surface area (Å²) in [5.74, 6) is -3.54. The minimum Gasteiger partial charge on any atom is -0.494 e. The number of aliphatic carboxylic acids is 1. The lowest BCUT2D eigenvalue weighted by atomic mass is 10.1. The molecule has 9 heteroatoms. The zero-order chi connectivity index (χ0) is 20.0. The molecule has 0 fully saturated rings. The molecule has 0 unspecified atom stereocenters. The van der Waals surface area contributed by atoms with E-state index in [2.05, 4.69) is 5.32 Å². The van der Waals surface area contributed by atoms with E-state index in [9.17, 15) is 27.5 Å². The molecule has 0 aliphatic heterocycles. The second-order valence-electron chi connectivity index (χ2n) is 5.61. The topological polar surface area (TPSA) is 110 Å². The van der Waals surface area contributed by atoms with Crippen LogP contribution in [0.1, 0.15) is 18.0 Å². The van der Waals surface area contributed by atoms with Gasteiger partial charge in [0.1, 0.15) is 0 Å². The van der Waals surface area contributed by atoms with Gasteiger partial charge in [-0.05, 0) is 23.8 Å². The summed E-state index contributed by atoms with van der Waals surface area (Å²) < 4.78 is 43.0. The van der Waals surface area contributed by atoms with Crippen LogP contribution in [0, 0.1) is 5.82 Å². The first-order chi connectivity index (χ1) is 12.7. The number of sulfone groups is 1. The lowest BCUT2D eigenvalue weighted by molar-refractivity contribution is -0.142. The first kappa shape index (κ1) is 20.4. The van der Waals surface area contributed by atoms with Crippen molar-refractivity contribution in [1.82, 2.24) is 5.32 Å². The Balaban J connectivity index is 2.05. The molecule has 2 N–H and O–H groups in total. The Morgan fingerprint density at radius 3 is 2.41 bits per heavy atom. The van der Waals surface area contributed by atoms with E-state index >= 15 is 0 Å². The number of carbonyl (C=O) groups is 2. The Morgan fingerprint density at radius 1 is 1.19 bits per heavy atom. The molecule has 27 heavy (non-hydrogen) atoms. The number of rotatable bonds is 8. The second kappa shape index (κ2) is 8.63. The molecule has 0 heterocycles. The number of methoxy groups -OCH3 is 1. The van der Waals surface area contributed by atoms with Crippen molar-refractivity contribution in [3.8, 4) is 5.75 Å². The van der Waals surface area contributed by atoms with Crippen LogP contribution in [0.25, 0.3) is 0 Å². The van der Waals surface area contributed by atoms with Gasteiger partial charge in [0.05, 0.1) is 17.8 Å². The SMILES string of the molecule is COc1ccc(S(=O)(=O)CCC(=O)N[C@@H](C(=O)O)c2ccccc2)cc1F. The van der Waals surface area contributed by atoms with Crippen LogP contribution in [0.5, 0.6) is 5.75 Å². The highest BCUT2D eigenvalue weighted by atomic mass is 32.2. The molecule has 2 aromatic carbocycles. The van der Waals surface area contributed by atoms with Crippen LogP contribution in [0.15, 0.2) is 53.4 Å². The van der Waals surface area contributed by atoms with Crippen LogP contribution in [0.4, 0.5) is 4.39 Å². The highest BCUT2D eigenvalue weighted by molar-refractivity contribution is 7.91. The Bertz CT molecular complexity index is 930. The fraction of sp³-hybridized carbons (Fsp3) is 0.222. The van der Waals surface area contributed by atoms with E-state index < -0.39 is 45.7 Å². The molecule has 0 spiro atoms. The largest absolute Gasteiger partial charge is 0.494 e. The summed E-state index contributed by atoms with van der Waals surface area (Å²) in [6.45, 7) is 0. The Hall–Kier alpha value is -2.94. The molecule has 1 amide bonds. The van der Waals surface area contributed by atoms with Gasteiger partial charge >= 0.3 is 5.97 Å². The van der Waals surface area contributed by atoms with Gasteiger partial charge in [0.15, 0.2) is 27.4 Å². The van der Waals surface area contributed by atoms with Gasteiger partial charge in [0, 0.05) is 6.42 Å². The van der Waals surface area contributed by atoms with Crippen LogP contribution in [-0.2, 0) is 19.4 Å². The monoisotopic (exact) mass is 395 g/mol. The summed E-state index contributed by atoms with van der Waals surface area (Å²) in [4.78, 5) is 23.1. The van der Waals surface area contributed by atoms with Crippen molar-refractivity contribution in [1.29, 1.82) is 0 Å². The van der Waals surface area contributed by atoms with Gasteiger partial charge in [0.2, 0.25) is 5.91 Å². The maximum atomic E-state index is 13.7. The zero-order valence-corrected chi connectivity index (χ0v) is 15.2. The average Bonchev–Trinajstić information content (AvgIpc) is 2.65. The lowest BCUT2D eigenvalue weighted by Gasteiger charge is -2.15. The quantitative estimate of drug-likeness (QED) is 0.707. The van der Waals surface area contributed by atoms with Crippen LogP contribution >= 0.6 is 0 Å². The van der Waals surface area contributed by atoms with Crippen molar-refractivity contribution in [2.45, 2.75) is 17.4 Å². The number of ether oxygens (including phenoxy) is 1. The number of carboxylic acids is 1. The van der Waals surface area contributed by atoms with E-state index in [4.69, 9.17) is 4.74 Å². The van der Waals surface area contributed by atoms with Crippen LogP contribution in [0.2, 0.25) is 0 Å². The van der Waals surface area contributed by atoms with Gasteiger partial charge in [-0.15, -0.1) is 0 Å². The first-order valence-electron chi connectivity index (χ1n) is 7.88. The molecule has 0 aliphatic carbocycles. The van der Waals surface area contributed by atoms with E-state index in [1.165, 1.54) is 31.4 Å². The normalized spacial score (nSPS) is 12.2. The molecule has 2 rings (SSSR count). The van der Waals surface area contributed by atoms with Crippen LogP contribution in [0.3, 0.4) is 0 Å². The molecule has 2 aromatic rings. The van der Waals surface area contributed by atoms with Crippen molar-refractivity contribution >= 4 is 21.7 Å². The third kappa shape index (κ3) is 5.27. The van der Waals surface area contributed by atoms with Gasteiger partial charge in [-0.25, -0.2) is 17.6 Å².